The number of hydrogen-bond donors (Lipinski definition) is 1. The molecular weight excluding hydrogens is 316 g/mol. The summed E-state index contributed by atoms with van der Waals surface area (Å²) in [4.78, 5) is 12.1. The predicted octanol–water partition coefficient (Wildman–Crippen LogP) is 4.70. The van der Waals surface area contributed by atoms with Crippen molar-refractivity contribution in [2.45, 2.75) is 6.92 Å². The van der Waals surface area contributed by atoms with Gasteiger partial charge in [-0.05, 0) is 36.8 Å². The molecule has 2 aromatic carbocycles. The standard InChI is InChI=1S/C15H12Cl2FNO2/c1-8-5-12(17)14(7-11(8)16)19-15(20)10-4-3-9(21-2)6-13(10)18/h3-7H,1-2H3,(H,19,20). The molecule has 0 aliphatic heterocycles. The van der Waals surface area contributed by atoms with Gasteiger partial charge in [-0.3, -0.25) is 4.79 Å². The van der Waals surface area contributed by atoms with E-state index < -0.39 is 11.7 Å². The lowest BCUT2D eigenvalue weighted by Gasteiger charge is -2.10. The maximum absolute atomic E-state index is 13.8. The molecule has 0 aliphatic rings. The molecular formula is C15H12Cl2FNO2. The Balaban J connectivity index is 2.28. The average Bonchev–Trinajstić information content (AvgIpc) is 2.44. The monoisotopic (exact) mass is 327 g/mol. The van der Waals surface area contributed by atoms with E-state index in [4.69, 9.17) is 27.9 Å². The number of anilines is 1. The van der Waals surface area contributed by atoms with Gasteiger partial charge in [0.05, 0.1) is 23.4 Å². The second kappa shape index (κ2) is 6.33. The number of carbonyl (C=O) groups is 1. The van der Waals surface area contributed by atoms with E-state index >= 15 is 0 Å². The van der Waals surface area contributed by atoms with Gasteiger partial charge in [-0.2, -0.15) is 0 Å². The fourth-order valence-corrected chi connectivity index (χ4v) is 2.17. The highest BCUT2D eigenvalue weighted by atomic mass is 35.5. The van der Waals surface area contributed by atoms with Crippen LogP contribution in [0.4, 0.5) is 10.1 Å². The van der Waals surface area contributed by atoms with Crippen LogP contribution in [-0.4, -0.2) is 13.0 Å². The summed E-state index contributed by atoms with van der Waals surface area (Å²) in [5.41, 5.74) is 1.01. The Morgan fingerprint density at radius 3 is 2.52 bits per heavy atom. The molecule has 3 nitrogen and oxygen atoms in total. The molecule has 0 bridgehead atoms. The van der Waals surface area contributed by atoms with Gasteiger partial charge in [0.25, 0.3) is 5.91 Å². The molecule has 6 heteroatoms. The van der Waals surface area contributed by atoms with E-state index in [-0.39, 0.29) is 5.56 Å². The Hall–Kier alpha value is -1.78. The van der Waals surface area contributed by atoms with Crippen LogP contribution in [0.3, 0.4) is 0 Å². The van der Waals surface area contributed by atoms with E-state index in [2.05, 4.69) is 5.32 Å². The molecule has 0 aliphatic carbocycles. The lowest BCUT2D eigenvalue weighted by molar-refractivity contribution is 0.102. The van der Waals surface area contributed by atoms with Crippen molar-refractivity contribution in [1.29, 1.82) is 0 Å². The SMILES string of the molecule is COc1ccc(C(=O)Nc2cc(Cl)c(C)cc2Cl)c(F)c1. The van der Waals surface area contributed by atoms with Crippen molar-refractivity contribution in [2.24, 2.45) is 0 Å². The van der Waals surface area contributed by atoms with Gasteiger partial charge in [-0.15, -0.1) is 0 Å². The molecule has 1 amide bonds. The van der Waals surface area contributed by atoms with Crippen LogP contribution >= 0.6 is 23.2 Å². The molecule has 1 N–H and O–H groups in total. The van der Waals surface area contributed by atoms with Crippen molar-refractivity contribution >= 4 is 34.8 Å². The summed E-state index contributed by atoms with van der Waals surface area (Å²) < 4.78 is 18.7. The quantitative estimate of drug-likeness (QED) is 0.887. The van der Waals surface area contributed by atoms with Gasteiger partial charge >= 0.3 is 0 Å². The van der Waals surface area contributed by atoms with E-state index in [0.717, 1.165) is 11.6 Å². The zero-order chi connectivity index (χ0) is 15.6. The van der Waals surface area contributed by atoms with Crippen molar-refractivity contribution < 1.29 is 13.9 Å². The molecule has 0 radical (unpaired) electrons. The van der Waals surface area contributed by atoms with Crippen molar-refractivity contribution in [3.8, 4) is 5.75 Å². The molecule has 0 fully saturated rings. The van der Waals surface area contributed by atoms with E-state index in [1.165, 1.54) is 25.3 Å². The minimum atomic E-state index is -0.679. The Labute approximate surface area is 131 Å². The number of ether oxygens (including phenoxy) is 1. The minimum absolute atomic E-state index is 0.108. The number of benzene rings is 2. The first-order valence-electron chi connectivity index (χ1n) is 6.03. The molecule has 0 heterocycles. The van der Waals surface area contributed by atoms with Crippen molar-refractivity contribution in [1.82, 2.24) is 0 Å². The third-order valence-corrected chi connectivity index (χ3v) is 3.64. The van der Waals surface area contributed by atoms with Gasteiger partial charge in [-0.25, -0.2) is 4.39 Å². The summed E-state index contributed by atoms with van der Waals surface area (Å²) in [7, 11) is 1.42. The van der Waals surface area contributed by atoms with Gasteiger partial charge in [0, 0.05) is 11.1 Å². The fourth-order valence-electron chi connectivity index (χ4n) is 1.74. The summed E-state index contributed by atoms with van der Waals surface area (Å²) in [6.07, 6.45) is 0. The van der Waals surface area contributed by atoms with Crippen molar-refractivity contribution in [3.63, 3.8) is 0 Å². The summed E-state index contributed by atoms with van der Waals surface area (Å²) >= 11 is 12.0. The number of carbonyl (C=O) groups excluding carboxylic acids is 1. The third-order valence-electron chi connectivity index (χ3n) is 2.92. The first kappa shape index (κ1) is 15.6. The fraction of sp³-hybridized carbons (Fsp3) is 0.133. The highest BCUT2D eigenvalue weighted by Gasteiger charge is 2.15. The number of aryl methyl sites for hydroxylation is 1. The molecule has 2 rings (SSSR count). The second-order valence-electron chi connectivity index (χ2n) is 4.38. The lowest BCUT2D eigenvalue weighted by atomic mass is 10.1. The van der Waals surface area contributed by atoms with Crippen molar-refractivity contribution in [3.05, 3.63) is 57.3 Å². The Morgan fingerprint density at radius 1 is 1.19 bits per heavy atom. The smallest absolute Gasteiger partial charge is 0.258 e. The van der Waals surface area contributed by atoms with Gasteiger partial charge < -0.3 is 10.1 Å². The molecule has 0 saturated carbocycles. The highest BCUT2D eigenvalue weighted by molar-refractivity contribution is 6.36. The molecule has 0 saturated heterocycles. The van der Waals surface area contributed by atoms with Gasteiger partial charge in [-0.1, -0.05) is 23.2 Å². The highest BCUT2D eigenvalue weighted by Crippen LogP contribution is 2.29. The molecule has 0 aromatic heterocycles. The van der Waals surface area contributed by atoms with Crippen LogP contribution in [0.25, 0.3) is 0 Å². The number of rotatable bonds is 3. The third kappa shape index (κ3) is 3.46. The Kier molecular flexibility index (Phi) is 4.70. The van der Waals surface area contributed by atoms with Gasteiger partial charge in [0.15, 0.2) is 0 Å². The molecule has 0 spiro atoms. The maximum Gasteiger partial charge on any atom is 0.258 e. The Bertz CT molecular complexity index is 704. The van der Waals surface area contributed by atoms with E-state index in [9.17, 15) is 9.18 Å². The normalized spacial score (nSPS) is 10.3. The summed E-state index contributed by atoms with van der Waals surface area (Å²) in [5.74, 6) is -0.960. The number of halogens is 3. The van der Waals surface area contributed by atoms with E-state index in [1.54, 1.807) is 13.0 Å². The Morgan fingerprint density at radius 2 is 1.90 bits per heavy atom. The van der Waals surface area contributed by atoms with Gasteiger partial charge in [0.1, 0.15) is 11.6 Å². The predicted molar refractivity (Wildman–Crippen MR) is 82.1 cm³/mol. The minimum Gasteiger partial charge on any atom is -0.497 e. The van der Waals surface area contributed by atoms with Crippen LogP contribution < -0.4 is 10.1 Å². The van der Waals surface area contributed by atoms with Crippen LogP contribution in [0, 0.1) is 12.7 Å². The van der Waals surface area contributed by atoms with Crippen LogP contribution in [0.5, 0.6) is 5.75 Å². The maximum atomic E-state index is 13.8. The molecule has 2 aromatic rings. The first-order chi connectivity index (χ1) is 9.92. The van der Waals surface area contributed by atoms with Crippen molar-refractivity contribution in [2.75, 3.05) is 12.4 Å². The second-order valence-corrected chi connectivity index (χ2v) is 5.20. The van der Waals surface area contributed by atoms with Crippen LogP contribution in [0.1, 0.15) is 15.9 Å². The topological polar surface area (TPSA) is 38.3 Å². The van der Waals surface area contributed by atoms with Crippen LogP contribution in [-0.2, 0) is 0 Å². The number of methoxy groups -OCH3 is 1. The molecule has 21 heavy (non-hydrogen) atoms. The molecule has 110 valence electrons. The molecule has 0 atom stereocenters. The van der Waals surface area contributed by atoms with Crippen LogP contribution in [0.15, 0.2) is 30.3 Å². The zero-order valence-electron chi connectivity index (χ0n) is 11.3. The van der Waals surface area contributed by atoms with E-state index in [1.807, 2.05) is 0 Å². The van der Waals surface area contributed by atoms with E-state index in [0.29, 0.717) is 21.5 Å². The summed E-state index contributed by atoms with van der Waals surface area (Å²) in [6.45, 7) is 1.79. The zero-order valence-corrected chi connectivity index (χ0v) is 12.8. The number of hydrogen-bond acceptors (Lipinski definition) is 2. The first-order valence-corrected chi connectivity index (χ1v) is 6.78. The number of amides is 1. The molecule has 0 unspecified atom stereocenters. The number of nitrogens with one attached hydrogen (secondary N) is 1. The average molecular weight is 328 g/mol. The summed E-state index contributed by atoms with van der Waals surface area (Å²) in [6, 6.07) is 7.13. The largest absolute Gasteiger partial charge is 0.497 e. The van der Waals surface area contributed by atoms with Gasteiger partial charge in [0.2, 0.25) is 0 Å². The summed E-state index contributed by atoms with van der Waals surface area (Å²) in [5, 5.41) is 3.33. The van der Waals surface area contributed by atoms with Crippen LogP contribution in [0.2, 0.25) is 10.0 Å². The lowest BCUT2D eigenvalue weighted by Crippen LogP contribution is -2.14.